The predicted molar refractivity (Wildman–Crippen MR) is 488 cm³/mol. The molecule has 132 heavy (non-hydrogen) atoms. The van der Waals surface area contributed by atoms with Crippen molar-refractivity contribution < 1.29 is 66.4 Å². The minimum absolute atomic E-state index is 0.00616. The fourth-order valence-corrected chi connectivity index (χ4v) is 25.2. The molecule has 2 N–H and O–H groups in total. The first-order valence-electron chi connectivity index (χ1n) is 42.8. The van der Waals surface area contributed by atoms with Gasteiger partial charge in [0.25, 0.3) is 0 Å². The zero-order chi connectivity index (χ0) is 93.1. The zero-order valence-corrected chi connectivity index (χ0v) is 75.5. The summed E-state index contributed by atoms with van der Waals surface area (Å²) in [6.45, 7) is 2.17. The number of alkyl halides is 3. The van der Waals surface area contributed by atoms with E-state index < -0.39 is 87.9 Å². The van der Waals surface area contributed by atoms with Crippen LogP contribution in [0.25, 0.3) is 23.5 Å². The van der Waals surface area contributed by atoms with Gasteiger partial charge in [-0.15, -0.1) is 0 Å². The standard InChI is InChI=1S/C33H34FN5O2S.C32H26ClF5N4O2S.C32H32FN7O4S/c1-22-12-14-35-30(16-22)32(40)33-18-23-20-36-38(26-8-5-25(34)6-9-26)31(23)17-24(33)4-7-28(19-33)39(27-10-11-27)42(3,41)29-13-15-37(2)21-29;1-45(44,27-10-5-24(35)6-11-27)41(19-32(36,37)38)26-7-2-21-14-29-20(18-40-42(29)25-8-3-23(34)4-9-25)16-31(21,17-26)30(43)28-15-22(33)12-13-39-28;1-21-9-10-35-29(13-21)31(41)32-15-22(17-34)28(38-25-6-4-24(33)5-7-25)14-23(32)3-8-26(16-32)40(20-30-36-11-12-44-30)45(42,43)27-18-37-39(2)19-27/h5-6,8-9,12-17,20-21,27-28H,3-4,7,10-11,18-19H2,1-2H3;3-6,8-15,18,26H,1-2,7,16-17,19H2;4-7,9-14,17-19,26H,3,8,15-16,20,34H2,1-2H3/t28-,33-,42?;26-,31-,45?;26-,32-/m000/s1. The maximum Gasteiger partial charge on any atom is 0.402 e. The van der Waals surface area contributed by atoms with E-state index in [1.165, 1.54) is 94.8 Å². The molecule has 4 saturated carbocycles. The number of rotatable bonds is 22. The molecule has 0 spiro atoms. The van der Waals surface area contributed by atoms with E-state index in [1.807, 2.05) is 85.2 Å². The van der Waals surface area contributed by atoms with Crippen molar-refractivity contribution in [1.82, 2.24) is 66.8 Å². The maximum absolute atomic E-state index is 14.6. The van der Waals surface area contributed by atoms with Crippen molar-refractivity contribution in [2.24, 2.45) is 41.1 Å². The molecule has 4 aromatic carbocycles. The van der Waals surface area contributed by atoms with Crippen LogP contribution in [0.1, 0.15) is 148 Å². The Labute approximate surface area is 763 Å². The number of fused-ring (bicyclic) bond motifs is 5. The van der Waals surface area contributed by atoms with E-state index in [9.17, 15) is 62.0 Å². The molecule has 35 heteroatoms. The average molecular weight is 1870 g/mol. The molecule has 7 aliphatic rings. The topological polar surface area (TPSA) is 291 Å². The summed E-state index contributed by atoms with van der Waals surface area (Å²) >= 11 is 6.20. The minimum atomic E-state index is -4.75. The van der Waals surface area contributed by atoms with E-state index in [1.54, 1.807) is 72.8 Å². The fourth-order valence-electron chi connectivity index (χ4n) is 19.4. The number of carbonyl (C=O) groups is 3. The second-order valence-electron chi connectivity index (χ2n) is 34.7. The fraction of sp³-hybridized carbons (Fsp3) is 0.289. The van der Waals surface area contributed by atoms with Gasteiger partial charge in [-0.2, -0.15) is 32.8 Å². The number of benzene rings is 4. The average Bonchev–Trinajstić information content (AvgIpc) is 1.31. The van der Waals surface area contributed by atoms with Crippen LogP contribution >= 0.6 is 11.6 Å². The number of allylic oxidation sites excluding steroid dienone is 5. The molecule has 12 aromatic rings. The number of oxazole rings is 1. The largest absolute Gasteiger partial charge is 0.448 e. The summed E-state index contributed by atoms with van der Waals surface area (Å²) in [7, 11) is -7.05. The van der Waals surface area contributed by atoms with Gasteiger partial charge in [-0.05, 0) is 307 Å². The Hall–Kier alpha value is -12.4. The molecule has 0 saturated heterocycles. The Balaban J connectivity index is 0.000000138. The molecule has 2 unspecified atom stereocenters. The number of hydrogen-bond donors (Lipinski definition) is 1. The molecule has 0 aliphatic heterocycles. The van der Waals surface area contributed by atoms with Gasteiger partial charge in [-0.1, -0.05) is 28.3 Å². The van der Waals surface area contributed by atoms with Crippen molar-refractivity contribution in [3.8, 4) is 11.4 Å². The van der Waals surface area contributed by atoms with Crippen molar-refractivity contribution in [2.45, 2.75) is 155 Å². The van der Waals surface area contributed by atoms with E-state index in [2.05, 4.69) is 57.4 Å². The molecule has 8 heterocycles. The van der Waals surface area contributed by atoms with Gasteiger partial charge in [0.15, 0.2) is 17.3 Å². The molecule has 682 valence electrons. The van der Waals surface area contributed by atoms with Crippen molar-refractivity contribution >= 4 is 93.7 Å². The van der Waals surface area contributed by atoms with Crippen LogP contribution in [0.2, 0.25) is 5.02 Å². The number of nitrogens with zero attached hydrogens (tertiary/aromatic N) is 15. The number of aryl methyl sites for hydroxylation is 4. The van der Waals surface area contributed by atoms with Crippen LogP contribution in [-0.4, -0.2) is 155 Å². The highest BCUT2D eigenvalue weighted by atomic mass is 35.5. The van der Waals surface area contributed by atoms with Crippen LogP contribution in [0.15, 0.2) is 266 Å². The summed E-state index contributed by atoms with van der Waals surface area (Å²) in [5.74, 6) is 5.84. The van der Waals surface area contributed by atoms with Crippen molar-refractivity contribution in [3.63, 3.8) is 0 Å². The molecule has 0 radical (unpaired) electrons. The lowest BCUT2D eigenvalue weighted by Gasteiger charge is -2.47. The summed E-state index contributed by atoms with van der Waals surface area (Å²) in [4.78, 5) is 66.5. The molecule has 24 nitrogen and oxygen atoms in total. The van der Waals surface area contributed by atoms with Crippen LogP contribution in [0.5, 0.6) is 0 Å². The van der Waals surface area contributed by atoms with E-state index >= 15 is 0 Å². The maximum atomic E-state index is 14.6. The summed E-state index contributed by atoms with van der Waals surface area (Å²) < 4.78 is 170. The zero-order valence-electron chi connectivity index (χ0n) is 72.3. The Kier molecular flexibility index (Phi) is 25.1. The molecule has 4 fully saturated rings. The Morgan fingerprint density at radius 1 is 0.553 bits per heavy atom. The van der Waals surface area contributed by atoms with E-state index in [0.717, 1.165) is 91.9 Å². The summed E-state index contributed by atoms with van der Waals surface area (Å²) in [5.41, 5.74) is 14.2. The molecule has 7 aliphatic carbocycles. The molecular weight excluding hydrogens is 1780 g/mol. The van der Waals surface area contributed by atoms with Gasteiger partial charge in [-0.3, -0.25) is 34.0 Å². The number of halogens is 8. The lowest BCUT2D eigenvalue weighted by atomic mass is 9.59. The highest BCUT2D eigenvalue weighted by molar-refractivity contribution is 7.98. The molecule has 0 amide bonds. The first-order valence-corrected chi connectivity index (χ1v) is 48.0. The first-order chi connectivity index (χ1) is 63.0. The third kappa shape index (κ3) is 18.3. The molecule has 8 atom stereocenters. The smallest absolute Gasteiger partial charge is 0.402 e. The molecule has 19 rings (SSSR count). The monoisotopic (exact) mass is 1870 g/mol. The highest BCUT2D eigenvalue weighted by Gasteiger charge is 2.57. The van der Waals surface area contributed by atoms with Gasteiger partial charge in [0.2, 0.25) is 15.9 Å². The van der Waals surface area contributed by atoms with E-state index in [-0.39, 0.29) is 112 Å². The summed E-state index contributed by atoms with van der Waals surface area (Å²) in [6.07, 6.45) is 25.8. The second-order valence-corrected chi connectivity index (χ2v) is 41.4. The number of Topliss-reactive ketones (excluding diaryl/α,β-unsaturated/α-hetero) is 3. The SMILES string of the molecule is C=S(=O)(c1ccc(F)cc1)N(CC(F)(F)F)[C@H]1CCC2=Cc3c(cnn3-c3ccc(F)cc3)C[C@]2(C(=O)c2cc(Cl)ccn2)C1.C=S(=O)(c1ccn(C)c1)N(C1CC1)[C@H]1CCC2=Cc3c(cnn3-c3ccc(F)cc3)C[C@]2(C(=O)c2cc(C)ccn2)C1.Cc1ccnc(C(=O)[C@]23CC(=CN)C(=Nc4ccc(F)cc4)C=C2CC[C@H](N(Cc2ncco2)S(=O)(=O)c2cnn(C)c2)C3)c1. The minimum Gasteiger partial charge on any atom is -0.448 e. The van der Waals surface area contributed by atoms with Gasteiger partial charge < -0.3 is 14.7 Å². The second kappa shape index (κ2) is 36.3. The van der Waals surface area contributed by atoms with Crippen molar-refractivity contribution in [3.05, 3.63) is 327 Å². The van der Waals surface area contributed by atoms with Crippen LogP contribution in [0.4, 0.5) is 36.4 Å². The number of pyridine rings is 3. The lowest BCUT2D eigenvalue weighted by Crippen LogP contribution is -2.52. The van der Waals surface area contributed by atoms with Crippen LogP contribution in [-0.2, 0) is 62.9 Å². The molecular formula is C97H92ClF7N16O8S3. The van der Waals surface area contributed by atoms with Gasteiger partial charge in [0, 0.05) is 85.4 Å². The Morgan fingerprint density at radius 2 is 1.04 bits per heavy atom. The molecule has 8 aromatic heterocycles. The van der Waals surface area contributed by atoms with E-state index in [4.69, 9.17) is 26.7 Å². The van der Waals surface area contributed by atoms with E-state index in [0.29, 0.717) is 77.3 Å². The highest BCUT2D eigenvalue weighted by Crippen LogP contribution is 2.57. The third-order valence-electron chi connectivity index (χ3n) is 25.9. The number of sulfonamides is 1. The van der Waals surface area contributed by atoms with Crippen LogP contribution in [0, 0.1) is 53.4 Å². The van der Waals surface area contributed by atoms with Gasteiger partial charge in [0.1, 0.15) is 58.1 Å². The quantitative estimate of drug-likeness (QED) is 0.0375. The van der Waals surface area contributed by atoms with Crippen molar-refractivity contribution in [2.75, 3.05) is 6.54 Å². The van der Waals surface area contributed by atoms with Gasteiger partial charge in [-0.25, -0.2) is 62.3 Å². The Bertz CT molecular complexity index is 6990. The van der Waals surface area contributed by atoms with Gasteiger partial charge in [0.05, 0.1) is 106 Å². The molecule has 0 bridgehead atoms. The first kappa shape index (κ1) is 91.5. The number of carbonyl (C=O) groups excluding carboxylic acids is 3. The summed E-state index contributed by atoms with van der Waals surface area (Å²) in [5, 5.41) is 13.5. The van der Waals surface area contributed by atoms with Crippen LogP contribution < -0.4 is 5.73 Å². The number of ketones is 3. The van der Waals surface area contributed by atoms with Crippen molar-refractivity contribution in [1.29, 1.82) is 0 Å². The third-order valence-corrected chi connectivity index (χ3v) is 32.4. The number of aromatic nitrogens is 11. The Morgan fingerprint density at radius 3 is 1.51 bits per heavy atom. The number of nitrogens with two attached hydrogens (primary N) is 1. The normalized spacial score (nSPS) is 22.1. The summed E-state index contributed by atoms with van der Waals surface area (Å²) in [6, 6.07) is 32.8. The number of hydrogen-bond acceptors (Lipinski definition) is 17. The van der Waals surface area contributed by atoms with Crippen LogP contribution in [0.3, 0.4) is 0 Å². The lowest BCUT2D eigenvalue weighted by molar-refractivity contribution is -0.140. The number of aliphatic imine (C=N–C) groups is 1. The van der Waals surface area contributed by atoms with Gasteiger partial charge >= 0.3 is 6.18 Å². The predicted octanol–water partition coefficient (Wildman–Crippen LogP) is 17.5.